The van der Waals surface area contributed by atoms with Crippen molar-refractivity contribution in [3.63, 3.8) is 0 Å². The second-order valence-electron chi connectivity index (χ2n) is 5.02. The van der Waals surface area contributed by atoms with Crippen molar-refractivity contribution in [3.05, 3.63) is 5.82 Å². The molecule has 0 aliphatic heterocycles. The van der Waals surface area contributed by atoms with Crippen LogP contribution in [0, 0.1) is 0 Å². The van der Waals surface area contributed by atoms with Gasteiger partial charge in [0.2, 0.25) is 5.13 Å². The summed E-state index contributed by atoms with van der Waals surface area (Å²) in [5, 5.41) is 1.08. The number of hydrogen-bond acceptors (Lipinski definition) is 5. The Morgan fingerprint density at radius 2 is 2.11 bits per heavy atom. The van der Waals surface area contributed by atoms with Crippen LogP contribution >= 0.6 is 11.5 Å². The van der Waals surface area contributed by atoms with Gasteiger partial charge in [0.05, 0.1) is 0 Å². The summed E-state index contributed by atoms with van der Waals surface area (Å²) in [6, 6.07) is 0.629. The Kier molecular flexibility index (Phi) is 5.38. The molecule has 0 aromatic carbocycles. The molecule has 1 saturated carbocycles. The fourth-order valence-corrected chi connectivity index (χ4v) is 3.46. The van der Waals surface area contributed by atoms with Crippen molar-refractivity contribution in [1.29, 1.82) is 0 Å². The third-order valence-electron chi connectivity index (χ3n) is 3.56. The summed E-state index contributed by atoms with van der Waals surface area (Å²) in [5.41, 5.74) is 5.75. The summed E-state index contributed by atoms with van der Waals surface area (Å²) in [5.74, 6) is 0.996. The van der Waals surface area contributed by atoms with Gasteiger partial charge in [-0.2, -0.15) is 4.37 Å². The lowest BCUT2D eigenvalue weighted by Crippen LogP contribution is -2.40. The Morgan fingerprint density at radius 3 is 2.78 bits per heavy atom. The first-order chi connectivity index (χ1) is 8.85. The maximum Gasteiger partial charge on any atom is 0.205 e. The lowest BCUT2D eigenvalue weighted by atomic mass is 9.94. The lowest BCUT2D eigenvalue weighted by molar-refractivity contribution is 0.415. The highest BCUT2D eigenvalue weighted by Crippen LogP contribution is 2.28. The topological polar surface area (TPSA) is 55.0 Å². The highest BCUT2D eigenvalue weighted by molar-refractivity contribution is 7.09. The summed E-state index contributed by atoms with van der Waals surface area (Å²) >= 11 is 1.54. The van der Waals surface area contributed by atoms with Crippen LogP contribution in [0.3, 0.4) is 0 Å². The summed E-state index contributed by atoms with van der Waals surface area (Å²) in [4.78, 5) is 7.07. The van der Waals surface area contributed by atoms with Gasteiger partial charge in [0.15, 0.2) is 0 Å². The molecule has 0 radical (unpaired) electrons. The maximum atomic E-state index is 5.75. The van der Waals surface area contributed by atoms with Crippen molar-refractivity contribution in [2.45, 2.75) is 57.9 Å². The Hall–Kier alpha value is -0.680. The first-order valence-corrected chi connectivity index (χ1v) is 7.91. The number of nitrogens with zero attached hydrogens (tertiary/aromatic N) is 3. The zero-order valence-electron chi connectivity index (χ0n) is 11.3. The lowest BCUT2D eigenvalue weighted by Gasteiger charge is -2.33. The molecule has 0 amide bonds. The van der Waals surface area contributed by atoms with Crippen molar-refractivity contribution in [2.75, 3.05) is 18.0 Å². The predicted octanol–water partition coefficient (Wildman–Crippen LogP) is 2.59. The number of aryl methyl sites for hydroxylation is 1. The van der Waals surface area contributed by atoms with E-state index in [-0.39, 0.29) is 0 Å². The highest BCUT2D eigenvalue weighted by Gasteiger charge is 2.23. The van der Waals surface area contributed by atoms with Gasteiger partial charge in [-0.15, -0.1) is 0 Å². The van der Waals surface area contributed by atoms with Crippen LogP contribution in [0.4, 0.5) is 5.13 Å². The van der Waals surface area contributed by atoms with Gasteiger partial charge in [-0.3, -0.25) is 0 Å². The number of hydrogen-bond donors (Lipinski definition) is 1. The van der Waals surface area contributed by atoms with E-state index in [4.69, 9.17) is 5.73 Å². The van der Waals surface area contributed by atoms with Gasteiger partial charge in [-0.25, -0.2) is 4.98 Å². The molecule has 4 nitrogen and oxygen atoms in total. The maximum absolute atomic E-state index is 5.75. The van der Waals surface area contributed by atoms with Crippen LogP contribution < -0.4 is 10.6 Å². The Balaban J connectivity index is 2.06. The Bertz CT molecular complexity index is 347. The minimum Gasteiger partial charge on any atom is -0.343 e. The summed E-state index contributed by atoms with van der Waals surface area (Å²) in [7, 11) is 0. The van der Waals surface area contributed by atoms with Crippen molar-refractivity contribution in [3.8, 4) is 0 Å². The second kappa shape index (κ2) is 7.04. The first-order valence-electron chi connectivity index (χ1n) is 7.14. The smallest absolute Gasteiger partial charge is 0.205 e. The molecule has 0 spiro atoms. The van der Waals surface area contributed by atoms with Crippen molar-refractivity contribution in [1.82, 2.24) is 9.36 Å². The van der Waals surface area contributed by atoms with Crippen molar-refractivity contribution in [2.24, 2.45) is 5.73 Å². The van der Waals surface area contributed by atoms with Crippen LogP contribution in [0.25, 0.3) is 0 Å². The van der Waals surface area contributed by atoms with Crippen LogP contribution in [-0.4, -0.2) is 28.5 Å². The SMILES string of the molecule is CCCc1nsc(N(CCN)C2CCCCC2)n1. The van der Waals surface area contributed by atoms with Crippen molar-refractivity contribution < 1.29 is 0 Å². The molecule has 0 saturated heterocycles. The van der Waals surface area contributed by atoms with Crippen LogP contribution in [0.5, 0.6) is 0 Å². The van der Waals surface area contributed by atoms with E-state index in [1.54, 1.807) is 11.5 Å². The standard InChI is InChI=1S/C13H24N4S/c1-2-6-12-15-13(18-16-12)17(10-9-14)11-7-4-3-5-8-11/h11H,2-10,14H2,1H3. The number of nitrogens with two attached hydrogens (primary N) is 1. The minimum absolute atomic E-state index is 0.629. The molecular weight excluding hydrogens is 244 g/mol. The first kappa shape index (κ1) is 13.7. The third kappa shape index (κ3) is 3.42. The molecule has 5 heteroatoms. The van der Waals surface area contributed by atoms with E-state index in [1.165, 1.54) is 32.1 Å². The van der Waals surface area contributed by atoms with E-state index in [0.29, 0.717) is 12.6 Å². The summed E-state index contributed by atoms with van der Waals surface area (Å²) < 4.78 is 4.45. The van der Waals surface area contributed by atoms with Crippen LogP contribution in [0.2, 0.25) is 0 Å². The molecule has 18 heavy (non-hydrogen) atoms. The minimum atomic E-state index is 0.629. The molecule has 1 aliphatic carbocycles. The summed E-state index contributed by atoms with van der Waals surface area (Å²) in [6.45, 7) is 3.77. The fourth-order valence-electron chi connectivity index (χ4n) is 2.65. The number of aromatic nitrogens is 2. The zero-order chi connectivity index (χ0) is 12.8. The molecule has 1 heterocycles. The van der Waals surface area contributed by atoms with Gasteiger partial charge in [-0.05, 0) is 19.3 Å². The predicted molar refractivity (Wildman–Crippen MR) is 77.2 cm³/mol. The summed E-state index contributed by atoms with van der Waals surface area (Å²) in [6.07, 6.45) is 8.71. The molecule has 1 aromatic heterocycles. The molecule has 2 rings (SSSR count). The van der Waals surface area contributed by atoms with Crippen LogP contribution in [-0.2, 0) is 6.42 Å². The quantitative estimate of drug-likeness (QED) is 0.861. The second-order valence-corrected chi connectivity index (χ2v) is 5.75. The molecule has 1 fully saturated rings. The average Bonchev–Trinajstić information content (AvgIpc) is 2.86. The molecule has 1 aliphatic rings. The normalized spacial score (nSPS) is 17.0. The molecule has 0 atom stereocenters. The molecular formula is C13H24N4S. The van der Waals surface area contributed by atoms with Crippen LogP contribution in [0.15, 0.2) is 0 Å². The van der Waals surface area contributed by atoms with Gasteiger partial charge in [0.1, 0.15) is 5.82 Å². The monoisotopic (exact) mass is 268 g/mol. The molecule has 0 bridgehead atoms. The van der Waals surface area contributed by atoms with Gasteiger partial charge >= 0.3 is 0 Å². The van der Waals surface area contributed by atoms with E-state index in [1.807, 2.05) is 0 Å². The van der Waals surface area contributed by atoms with Crippen LogP contribution in [0.1, 0.15) is 51.3 Å². The van der Waals surface area contributed by atoms with E-state index >= 15 is 0 Å². The molecule has 102 valence electrons. The van der Waals surface area contributed by atoms with Gasteiger partial charge < -0.3 is 10.6 Å². The average molecular weight is 268 g/mol. The van der Waals surface area contributed by atoms with Gasteiger partial charge in [0.25, 0.3) is 0 Å². The molecule has 2 N–H and O–H groups in total. The van der Waals surface area contributed by atoms with E-state index in [9.17, 15) is 0 Å². The number of rotatable bonds is 6. The number of anilines is 1. The Labute approximate surface area is 114 Å². The largest absolute Gasteiger partial charge is 0.343 e. The van der Waals surface area contributed by atoms with Gasteiger partial charge in [0, 0.05) is 37.1 Å². The van der Waals surface area contributed by atoms with E-state index < -0.39 is 0 Å². The molecule has 0 unspecified atom stereocenters. The zero-order valence-corrected chi connectivity index (χ0v) is 12.1. The van der Waals surface area contributed by atoms with Crippen molar-refractivity contribution >= 4 is 16.7 Å². The highest BCUT2D eigenvalue weighted by atomic mass is 32.1. The van der Waals surface area contributed by atoms with Gasteiger partial charge in [-0.1, -0.05) is 26.2 Å². The van der Waals surface area contributed by atoms with E-state index in [2.05, 4.69) is 21.2 Å². The van der Waals surface area contributed by atoms with E-state index in [0.717, 1.165) is 30.3 Å². The molecule has 1 aromatic rings. The fraction of sp³-hybridized carbons (Fsp3) is 0.846. The Morgan fingerprint density at radius 1 is 1.33 bits per heavy atom. The third-order valence-corrected chi connectivity index (χ3v) is 4.35.